The van der Waals surface area contributed by atoms with E-state index in [0.29, 0.717) is 12.3 Å². The van der Waals surface area contributed by atoms with Gasteiger partial charge in [0.1, 0.15) is 11.5 Å². The van der Waals surface area contributed by atoms with Crippen LogP contribution in [-0.2, 0) is 6.42 Å². The Labute approximate surface area is 77.9 Å². The largest absolute Gasteiger partial charge is 0.465 e. The molecule has 0 bridgehead atoms. The maximum atomic E-state index is 11.5. The summed E-state index contributed by atoms with van der Waals surface area (Å²) >= 11 is 0. The number of carbonyl (C=O) groups is 1. The van der Waals surface area contributed by atoms with Gasteiger partial charge in [-0.2, -0.15) is 0 Å². The zero-order valence-corrected chi connectivity index (χ0v) is 8.09. The van der Waals surface area contributed by atoms with Crippen molar-refractivity contribution in [3.8, 4) is 0 Å². The van der Waals surface area contributed by atoms with Crippen molar-refractivity contribution in [1.82, 2.24) is 0 Å². The van der Waals surface area contributed by atoms with Gasteiger partial charge in [0.15, 0.2) is 5.78 Å². The molecule has 0 amide bonds. The van der Waals surface area contributed by atoms with E-state index >= 15 is 0 Å². The fraction of sp³-hybridized carbons (Fsp3) is 0.545. The van der Waals surface area contributed by atoms with Crippen molar-refractivity contribution in [2.75, 3.05) is 0 Å². The summed E-state index contributed by atoms with van der Waals surface area (Å²) in [5, 5.41) is 0. The second-order valence-electron chi connectivity index (χ2n) is 3.92. The molecule has 2 nitrogen and oxygen atoms in total. The summed E-state index contributed by atoms with van der Waals surface area (Å²) in [6.45, 7) is 4.16. The molecule has 0 saturated heterocycles. The molecule has 13 heavy (non-hydrogen) atoms. The Morgan fingerprint density at radius 3 is 2.77 bits per heavy atom. The first-order valence-corrected chi connectivity index (χ1v) is 4.84. The van der Waals surface area contributed by atoms with Gasteiger partial charge in [0.2, 0.25) is 0 Å². The van der Waals surface area contributed by atoms with Gasteiger partial charge in [-0.25, -0.2) is 0 Å². The van der Waals surface area contributed by atoms with Crippen molar-refractivity contribution >= 4 is 5.78 Å². The summed E-state index contributed by atoms with van der Waals surface area (Å²) in [4.78, 5) is 11.5. The minimum absolute atomic E-state index is 0.247. The molecule has 2 rings (SSSR count). The van der Waals surface area contributed by atoms with E-state index in [-0.39, 0.29) is 5.78 Å². The average Bonchev–Trinajstić information content (AvgIpc) is 2.49. The number of carbonyl (C=O) groups excluding carboxylic acids is 1. The van der Waals surface area contributed by atoms with E-state index in [1.54, 1.807) is 0 Å². The molecule has 0 aromatic carbocycles. The Bertz CT molecular complexity index is 334. The van der Waals surface area contributed by atoms with Crippen molar-refractivity contribution in [2.45, 2.75) is 39.0 Å². The normalized spacial score (nSPS) is 16.4. The van der Waals surface area contributed by atoms with Crippen molar-refractivity contribution in [3.05, 3.63) is 23.2 Å². The SMILES string of the molecule is CC(C)c1cc2c(o1)CCCC2=O. The van der Waals surface area contributed by atoms with Crippen molar-refractivity contribution in [1.29, 1.82) is 0 Å². The van der Waals surface area contributed by atoms with Crippen molar-refractivity contribution < 1.29 is 9.21 Å². The van der Waals surface area contributed by atoms with Gasteiger partial charge in [0.05, 0.1) is 5.56 Å². The molecule has 0 aliphatic heterocycles. The highest BCUT2D eigenvalue weighted by atomic mass is 16.3. The number of aryl methyl sites for hydroxylation is 1. The third-order valence-electron chi connectivity index (χ3n) is 2.51. The fourth-order valence-corrected chi connectivity index (χ4v) is 1.70. The molecule has 0 fully saturated rings. The standard InChI is InChI=1S/C11H14O2/c1-7(2)11-6-8-9(12)4-3-5-10(8)13-11/h6-7H,3-5H2,1-2H3. The van der Waals surface area contributed by atoms with Gasteiger partial charge < -0.3 is 4.42 Å². The molecule has 1 heterocycles. The van der Waals surface area contributed by atoms with Gasteiger partial charge in [-0.1, -0.05) is 13.8 Å². The van der Waals surface area contributed by atoms with Crippen LogP contribution in [0.15, 0.2) is 10.5 Å². The van der Waals surface area contributed by atoms with E-state index in [1.807, 2.05) is 6.07 Å². The Kier molecular flexibility index (Phi) is 1.98. The Morgan fingerprint density at radius 2 is 2.15 bits per heavy atom. The maximum absolute atomic E-state index is 11.5. The van der Waals surface area contributed by atoms with Crippen LogP contribution in [0, 0.1) is 0 Å². The van der Waals surface area contributed by atoms with E-state index in [1.165, 1.54) is 0 Å². The lowest BCUT2D eigenvalue weighted by Crippen LogP contribution is -2.07. The van der Waals surface area contributed by atoms with Crippen LogP contribution in [0.4, 0.5) is 0 Å². The first kappa shape index (κ1) is 8.54. The van der Waals surface area contributed by atoms with Crippen molar-refractivity contribution in [3.63, 3.8) is 0 Å². The number of hydrogen-bond donors (Lipinski definition) is 0. The molecular weight excluding hydrogens is 164 g/mol. The van der Waals surface area contributed by atoms with E-state index < -0.39 is 0 Å². The minimum atomic E-state index is 0.247. The van der Waals surface area contributed by atoms with Gasteiger partial charge in [-0.05, 0) is 12.5 Å². The van der Waals surface area contributed by atoms with E-state index in [0.717, 1.165) is 29.9 Å². The number of hydrogen-bond acceptors (Lipinski definition) is 2. The van der Waals surface area contributed by atoms with Gasteiger partial charge in [-0.3, -0.25) is 4.79 Å². The Morgan fingerprint density at radius 1 is 1.38 bits per heavy atom. The van der Waals surface area contributed by atoms with Crippen LogP contribution in [0.3, 0.4) is 0 Å². The van der Waals surface area contributed by atoms with Gasteiger partial charge in [0, 0.05) is 18.8 Å². The second-order valence-corrected chi connectivity index (χ2v) is 3.92. The summed E-state index contributed by atoms with van der Waals surface area (Å²) < 4.78 is 5.62. The first-order chi connectivity index (χ1) is 6.18. The number of furan rings is 1. The number of ketones is 1. The molecule has 0 saturated carbocycles. The predicted molar refractivity (Wildman–Crippen MR) is 50.1 cm³/mol. The zero-order chi connectivity index (χ0) is 9.42. The molecule has 0 radical (unpaired) electrons. The van der Waals surface area contributed by atoms with Crippen LogP contribution < -0.4 is 0 Å². The highest BCUT2D eigenvalue weighted by Gasteiger charge is 2.22. The third-order valence-corrected chi connectivity index (χ3v) is 2.51. The lowest BCUT2D eigenvalue weighted by atomic mass is 9.97. The second kappa shape index (κ2) is 3.02. The molecule has 0 N–H and O–H groups in total. The van der Waals surface area contributed by atoms with E-state index in [9.17, 15) is 4.79 Å². The predicted octanol–water partition coefficient (Wildman–Crippen LogP) is 2.92. The maximum Gasteiger partial charge on any atom is 0.166 e. The highest BCUT2D eigenvalue weighted by Crippen LogP contribution is 2.28. The summed E-state index contributed by atoms with van der Waals surface area (Å²) in [7, 11) is 0. The molecule has 70 valence electrons. The average molecular weight is 178 g/mol. The van der Waals surface area contributed by atoms with Gasteiger partial charge in [0.25, 0.3) is 0 Å². The molecular formula is C11H14O2. The summed E-state index contributed by atoms with van der Waals surface area (Å²) in [6, 6.07) is 1.92. The molecule has 0 unspecified atom stereocenters. The molecule has 1 aliphatic rings. The summed E-state index contributed by atoms with van der Waals surface area (Å²) in [6.07, 6.45) is 2.55. The lowest BCUT2D eigenvalue weighted by molar-refractivity contribution is 0.0969. The van der Waals surface area contributed by atoms with Crippen LogP contribution in [0.1, 0.15) is 54.5 Å². The molecule has 1 aromatic rings. The van der Waals surface area contributed by atoms with Crippen molar-refractivity contribution in [2.24, 2.45) is 0 Å². The first-order valence-electron chi connectivity index (χ1n) is 4.84. The monoisotopic (exact) mass is 178 g/mol. The van der Waals surface area contributed by atoms with Crippen LogP contribution in [0.5, 0.6) is 0 Å². The summed E-state index contributed by atoms with van der Waals surface area (Å²) in [5.41, 5.74) is 0.829. The van der Waals surface area contributed by atoms with Crippen LogP contribution in [-0.4, -0.2) is 5.78 Å². The van der Waals surface area contributed by atoms with Gasteiger partial charge in [-0.15, -0.1) is 0 Å². The Hall–Kier alpha value is -1.05. The van der Waals surface area contributed by atoms with Crippen LogP contribution in [0.2, 0.25) is 0 Å². The fourth-order valence-electron chi connectivity index (χ4n) is 1.70. The van der Waals surface area contributed by atoms with Crippen LogP contribution >= 0.6 is 0 Å². The number of Topliss-reactive ketones (excluding diaryl/α,β-unsaturated/α-hetero) is 1. The molecule has 2 heteroatoms. The lowest BCUT2D eigenvalue weighted by Gasteiger charge is -2.06. The summed E-state index contributed by atoms with van der Waals surface area (Å²) in [5.74, 6) is 2.47. The topological polar surface area (TPSA) is 30.2 Å². The van der Waals surface area contributed by atoms with E-state index in [2.05, 4.69) is 13.8 Å². The number of fused-ring (bicyclic) bond motifs is 1. The molecule has 1 aliphatic carbocycles. The quantitative estimate of drug-likeness (QED) is 0.661. The van der Waals surface area contributed by atoms with Crippen LogP contribution in [0.25, 0.3) is 0 Å². The number of rotatable bonds is 1. The minimum Gasteiger partial charge on any atom is -0.465 e. The molecule has 0 spiro atoms. The zero-order valence-electron chi connectivity index (χ0n) is 8.09. The smallest absolute Gasteiger partial charge is 0.166 e. The van der Waals surface area contributed by atoms with Gasteiger partial charge >= 0.3 is 0 Å². The highest BCUT2D eigenvalue weighted by molar-refractivity contribution is 5.98. The molecule has 1 aromatic heterocycles. The Balaban J connectivity index is 2.42. The molecule has 0 atom stereocenters. The van der Waals surface area contributed by atoms with E-state index in [4.69, 9.17) is 4.42 Å². The third kappa shape index (κ3) is 1.41.